The highest BCUT2D eigenvalue weighted by atomic mass is 16.1. The highest BCUT2D eigenvalue weighted by Crippen LogP contribution is 2.28. The lowest BCUT2D eigenvalue weighted by Crippen LogP contribution is -2.07. The maximum absolute atomic E-state index is 11.3. The molecule has 0 spiro atoms. The van der Waals surface area contributed by atoms with Crippen LogP contribution >= 0.6 is 0 Å². The second-order valence-corrected chi connectivity index (χ2v) is 3.95. The van der Waals surface area contributed by atoms with Gasteiger partial charge in [0.25, 0.3) is 0 Å². The Labute approximate surface area is 81.2 Å². The summed E-state index contributed by atoms with van der Waals surface area (Å²) in [6.45, 7) is 3.92. The van der Waals surface area contributed by atoms with Gasteiger partial charge in [-0.1, -0.05) is 18.9 Å². The predicted octanol–water partition coefficient (Wildman–Crippen LogP) is 3.64. The van der Waals surface area contributed by atoms with Crippen LogP contribution in [0.4, 0.5) is 0 Å². The van der Waals surface area contributed by atoms with Crippen molar-refractivity contribution in [3.05, 3.63) is 11.1 Å². The normalized spacial score (nSPS) is 17.7. The van der Waals surface area contributed by atoms with Crippen molar-refractivity contribution in [2.45, 2.75) is 58.8 Å². The lowest BCUT2D eigenvalue weighted by Gasteiger charge is -2.18. The summed E-state index contributed by atoms with van der Waals surface area (Å²) in [5, 5.41) is 0. The number of allylic oxidation sites excluding steroid dienone is 2. The number of hydrogen-bond donors (Lipinski definition) is 0. The van der Waals surface area contributed by atoms with Crippen molar-refractivity contribution in [2.75, 3.05) is 0 Å². The van der Waals surface area contributed by atoms with E-state index in [-0.39, 0.29) is 0 Å². The van der Waals surface area contributed by atoms with Gasteiger partial charge in [0.2, 0.25) is 0 Å². The Morgan fingerprint density at radius 3 is 2.62 bits per heavy atom. The SMILES string of the molecule is CCCCC1=C(C(C)=O)CCCC1. The molecule has 1 aliphatic rings. The third kappa shape index (κ3) is 2.98. The molecule has 1 nitrogen and oxygen atoms in total. The minimum absolute atomic E-state index is 0.311. The Morgan fingerprint density at radius 2 is 2.00 bits per heavy atom. The Balaban J connectivity index is 2.65. The predicted molar refractivity (Wildman–Crippen MR) is 55.7 cm³/mol. The summed E-state index contributed by atoms with van der Waals surface area (Å²) < 4.78 is 0. The third-order valence-corrected chi connectivity index (χ3v) is 2.84. The molecule has 0 bridgehead atoms. The zero-order valence-corrected chi connectivity index (χ0v) is 8.86. The molecule has 1 heteroatoms. The Hall–Kier alpha value is -0.590. The van der Waals surface area contributed by atoms with E-state index >= 15 is 0 Å². The van der Waals surface area contributed by atoms with Crippen LogP contribution in [-0.4, -0.2) is 5.78 Å². The van der Waals surface area contributed by atoms with Gasteiger partial charge in [-0.15, -0.1) is 0 Å². The molecule has 0 fully saturated rings. The fraction of sp³-hybridized carbons (Fsp3) is 0.750. The van der Waals surface area contributed by atoms with E-state index in [2.05, 4.69) is 6.92 Å². The van der Waals surface area contributed by atoms with Gasteiger partial charge in [0.05, 0.1) is 0 Å². The molecule has 74 valence electrons. The van der Waals surface area contributed by atoms with Crippen LogP contribution < -0.4 is 0 Å². The smallest absolute Gasteiger partial charge is 0.155 e. The Morgan fingerprint density at radius 1 is 1.31 bits per heavy atom. The lowest BCUT2D eigenvalue weighted by molar-refractivity contribution is -0.113. The Bertz CT molecular complexity index is 213. The molecule has 0 aromatic rings. The molecule has 0 aliphatic heterocycles. The number of carbonyl (C=O) groups excluding carboxylic acids is 1. The van der Waals surface area contributed by atoms with Gasteiger partial charge in [-0.05, 0) is 51.0 Å². The van der Waals surface area contributed by atoms with Crippen molar-refractivity contribution < 1.29 is 4.79 Å². The molecule has 0 radical (unpaired) electrons. The summed E-state index contributed by atoms with van der Waals surface area (Å²) in [6.07, 6.45) is 8.34. The number of hydrogen-bond acceptors (Lipinski definition) is 1. The summed E-state index contributed by atoms with van der Waals surface area (Å²) in [5.74, 6) is 0.311. The molecule has 1 aliphatic carbocycles. The fourth-order valence-electron chi connectivity index (χ4n) is 2.06. The molecule has 0 N–H and O–H groups in total. The van der Waals surface area contributed by atoms with Crippen LogP contribution in [0.2, 0.25) is 0 Å². The zero-order chi connectivity index (χ0) is 9.68. The molecule has 13 heavy (non-hydrogen) atoms. The minimum Gasteiger partial charge on any atom is -0.295 e. The molecular weight excluding hydrogens is 160 g/mol. The second kappa shape index (κ2) is 5.21. The van der Waals surface area contributed by atoms with Gasteiger partial charge in [0.1, 0.15) is 0 Å². The van der Waals surface area contributed by atoms with Crippen molar-refractivity contribution in [3.8, 4) is 0 Å². The standard InChI is InChI=1S/C12H20O/c1-3-4-7-11-8-5-6-9-12(11)10(2)13/h3-9H2,1-2H3. The molecular formula is C12H20O. The average Bonchev–Trinajstić information content (AvgIpc) is 2.15. The molecule has 0 amide bonds. The van der Waals surface area contributed by atoms with Crippen molar-refractivity contribution in [2.24, 2.45) is 0 Å². The number of unbranched alkanes of at least 4 members (excludes halogenated alkanes) is 1. The van der Waals surface area contributed by atoms with Crippen molar-refractivity contribution in [3.63, 3.8) is 0 Å². The summed E-state index contributed by atoms with van der Waals surface area (Å²) in [6, 6.07) is 0. The number of Topliss-reactive ketones (excluding diaryl/α,β-unsaturated/α-hetero) is 1. The lowest BCUT2D eigenvalue weighted by atomic mass is 9.87. The largest absolute Gasteiger partial charge is 0.295 e. The van der Waals surface area contributed by atoms with Gasteiger partial charge in [-0.3, -0.25) is 4.79 Å². The molecule has 0 saturated heterocycles. The molecule has 0 saturated carbocycles. The monoisotopic (exact) mass is 180 g/mol. The highest BCUT2D eigenvalue weighted by Gasteiger charge is 2.14. The van der Waals surface area contributed by atoms with Gasteiger partial charge < -0.3 is 0 Å². The van der Waals surface area contributed by atoms with E-state index in [1.54, 1.807) is 6.92 Å². The van der Waals surface area contributed by atoms with Crippen molar-refractivity contribution in [1.82, 2.24) is 0 Å². The zero-order valence-electron chi connectivity index (χ0n) is 8.86. The minimum atomic E-state index is 0.311. The van der Waals surface area contributed by atoms with Crippen LogP contribution in [-0.2, 0) is 4.79 Å². The summed E-state index contributed by atoms with van der Waals surface area (Å²) >= 11 is 0. The average molecular weight is 180 g/mol. The summed E-state index contributed by atoms with van der Waals surface area (Å²) in [4.78, 5) is 11.3. The van der Waals surface area contributed by atoms with Gasteiger partial charge in [-0.2, -0.15) is 0 Å². The van der Waals surface area contributed by atoms with Crippen LogP contribution in [0.15, 0.2) is 11.1 Å². The highest BCUT2D eigenvalue weighted by molar-refractivity contribution is 5.94. The topological polar surface area (TPSA) is 17.1 Å². The van der Waals surface area contributed by atoms with E-state index in [9.17, 15) is 4.79 Å². The van der Waals surface area contributed by atoms with Crippen LogP contribution in [0.1, 0.15) is 58.8 Å². The third-order valence-electron chi connectivity index (χ3n) is 2.84. The summed E-state index contributed by atoms with van der Waals surface area (Å²) in [5.41, 5.74) is 2.61. The maximum Gasteiger partial charge on any atom is 0.155 e. The van der Waals surface area contributed by atoms with Crippen LogP contribution in [0, 0.1) is 0 Å². The quantitative estimate of drug-likeness (QED) is 0.645. The van der Waals surface area contributed by atoms with E-state index in [0.29, 0.717) is 5.78 Å². The number of rotatable bonds is 4. The molecule has 1 rings (SSSR count). The molecule has 0 aromatic carbocycles. The van der Waals surface area contributed by atoms with Gasteiger partial charge in [0.15, 0.2) is 5.78 Å². The van der Waals surface area contributed by atoms with Gasteiger partial charge >= 0.3 is 0 Å². The molecule has 0 heterocycles. The van der Waals surface area contributed by atoms with Crippen molar-refractivity contribution >= 4 is 5.78 Å². The van der Waals surface area contributed by atoms with Crippen LogP contribution in [0.3, 0.4) is 0 Å². The second-order valence-electron chi connectivity index (χ2n) is 3.95. The van der Waals surface area contributed by atoms with E-state index in [1.165, 1.54) is 37.7 Å². The molecule has 0 unspecified atom stereocenters. The number of ketones is 1. The fourth-order valence-corrected chi connectivity index (χ4v) is 2.06. The Kier molecular flexibility index (Phi) is 4.20. The first kappa shape index (κ1) is 10.5. The maximum atomic E-state index is 11.3. The van der Waals surface area contributed by atoms with E-state index in [4.69, 9.17) is 0 Å². The first-order valence-electron chi connectivity index (χ1n) is 5.47. The van der Waals surface area contributed by atoms with E-state index in [1.807, 2.05) is 0 Å². The molecule has 0 atom stereocenters. The first-order chi connectivity index (χ1) is 6.25. The molecule has 0 aromatic heterocycles. The van der Waals surface area contributed by atoms with Crippen LogP contribution in [0.5, 0.6) is 0 Å². The van der Waals surface area contributed by atoms with Gasteiger partial charge in [-0.25, -0.2) is 0 Å². The van der Waals surface area contributed by atoms with E-state index < -0.39 is 0 Å². The van der Waals surface area contributed by atoms with Crippen molar-refractivity contribution in [1.29, 1.82) is 0 Å². The summed E-state index contributed by atoms with van der Waals surface area (Å²) in [7, 11) is 0. The van der Waals surface area contributed by atoms with Crippen LogP contribution in [0.25, 0.3) is 0 Å². The number of carbonyl (C=O) groups is 1. The van der Waals surface area contributed by atoms with Gasteiger partial charge in [0, 0.05) is 0 Å². The van der Waals surface area contributed by atoms with E-state index in [0.717, 1.165) is 18.4 Å². The first-order valence-corrected chi connectivity index (χ1v) is 5.47.